The van der Waals surface area contributed by atoms with E-state index in [9.17, 15) is 0 Å². The topological polar surface area (TPSA) is 20.2 Å². The van der Waals surface area contributed by atoms with Crippen LogP contribution in [0.4, 0.5) is 0 Å². The van der Waals surface area contributed by atoms with Crippen molar-refractivity contribution in [3.8, 4) is 0 Å². The standard InChI is InChI=1S/C6H10O.CH4.Ac/c7-5-6-3-1-2-4-6;;/h3,7H,1-2,4-5H2;1H4;. The van der Waals surface area contributed by atoms with Crippen molar-refractivity contribution in [2.45, 2.75) is 26.7 Å². The first kappa shape index (κ1) is 12.8. The van der Waals surface area contributed by atoms with E-state index in [1.165, 1.54) is 18.4 Å². The Hall–Kier alpha value is 1.14. The molecule has 0 saturated carbocycles. The third-order valence-corrected chi connectivity index (χ3v) is 1.34. The Bertz CT molecular complexity index is 88.9. The molecule has 0 saturated heterocycles. The Kier molecular flexibility index (Phi) is 10.3. The fraction of sp³-hybridized carbons (Fsp3) is 0.714. The molecule has 1 nitrogen and oxygen atoms in total. The van der Waals surface area contributed by atoms with Crippen molar-refractivity contribution in [3.63, 3.8) is 0 Å². The van der Waals surface area contributed by atoms with Gasteiger partial charge in [-0.3, -0.25) is 0 Å². The molecule has 0 aromatic heterocycles. The number of allylic oxidation sites excluding steroid dienone is 1. The predicted octanol–water partition coefficient (Wildman–Crippen LogP) is 1.73. The second-order valence-electron chi connectivity index (χ2n) is 1.91. The van der Waals surface area contributed by atoms with Gasteiger partial charge in [0.15, 0.2) is 0 Å². The summed E-state index contributed by atoms with van der Waals surface area (Å²) < 4.78 is 0. The van der Waals surface area contributed by atoms with Gasteiger partial charge < -0.3 is 5.11 Å². The summed E-state index contributed by atoms with van der Waals surface area (Å²) in [7, 11) is 0. The SMILES string of the molecule is C.OCC1=CCCC1.[Ac]. The molecule has 1 aliphatic rings. The molecule has 0 amide bonds. The van der Waals surface area contributed by atoms with Crippen LogP contribution in [0.25, 0.3) is 0 Å². The van der Waals surface area contributed by atoms with Crippen LogP contribution in [0.15, 0.2) is 11.6 Å². The van der Waals surface area contributed by atoms with Crippen LogP contribution in [0.3, 0.4) is 0 Å². The van der Waals surface area contributed by atoms with Gasteiger partial charge in [0.1, 0.15) is 0 Å². The molecule has 1 N–H and O–H groups in total. The fourth-order valence-electron chi connectivity index (χ4n) is 0.881. The third-order valence-electron chi connectivity index (χ3n) is 1.34. The first-order chi connectivity index (χ1) is 3.43. The summed E-state index contributed by atoms with van der Waals surface area (Å²) in [4.78, 5) is 0. The van der Waals surface area contributed by atoms with Crippen LogP contribution in [0.5, 0.6) is 0 Å². The number of hydrogen-bond donors (Lipinski definition) is 1. The number of aliphatic hydroxyl groups is 1. The number of rotatable bonds is 1. The zero-order valence-corrected chi connectivity index (χ0v) is 9.68. The predicted molar refractivity (Wildman–Crippen MR) is 35.8 cm³/mol. The molecule has 0 heterocycles. The van der Waals surface area contributed by atoms with Crippen LogP contribution in [-0.2, 0) is 0 Å². The van der Waals surface area contributed by atoms with E-state index < -0.39 is 0 Å². The van der Waals surface area contributed by atoms with Gasteiger partial charge in [0.2, 0.25) is 0 Å². The molecule has 2 heteroatoms. The van der Waals surface area contributed by atoms with Gasteiger partial charge >= 0.3 is 0 Å². The van der Waals surface area contributed by atoms with Gasteiger partial charge in [-0.1, -0.05) is 13.5 Å². The van der Waals surface area contributed by atoms with Crippen LogP contribution >= 0.6 is 0 Å². The first-order valence-electron chi connectivity index (χ1n) is 2.72. The maximum Gasteiger partial charge on any atom is 0.0641 e. The summed E-state index contributed by atoms with van der Waals surface area (Å²) in [6.07, 6.45) is 5.67. The Labute approximate surface area is 93.1 Å². The molecule has 1 aliphatic carbocycles. The fourth-order valence-corrected chi connectivity index (χ4v) is 0.881. The normalized spacial score (nSPS) is 15.4. The first-order valence-corrected chi connectivity index (χ1v) is 2.72. The van der Waals surface area contributed by atoms with Gasteiger partial charge in [-0.25, -0.2) is 0 Å². The summed E-state index contributed by atoms with van der Waals surface area (Å²) in [5.41, 5.74) is 1.22. The zero-order chi connectivity index (χ0) is 5.11. The molecule has 0 fully saturated rings. The van der Waals surface area contributed by atoms with Crippen LogP contribution in [-0.4, -0.2) is 11.7 Å². The van der Waals surface area contributed by atoms with Crippen LogP contribution in [0.1, 0.15) is 26.7 Å². The van der Waals surface area contributed by atoms with Crippen molar-refractivity contribution in [1.29, 1.82) is 0 Å². The van der Waals surface area contributed by atoms with Crippen molar-refractivity contribution in [2.24, 2.45) is 0 Å². The van der Waals surface area contributed by atoms with Crippen molar-refractivity contribution in [3.05, 3.63) is 11.6 Å². The molecular formula is C7H14AcO. The van der Waals surface area contributed by atoms with Crippen LogP contribution in [0.2, 0.25) is 0 Å². The molecular weight excluding hydrogens is 327 g/mol. The van der Waals surface area contributed by atoms with Gasteiger partial charge in [-0.15, -0.1) is 0 Å². The summed E-state index contributed by atoms with van der Waals surface area (Å²) in [6.45, 7) is 0.278. The Morgan fingerprint density at radius 2 is 2.22 bits per heavy atom. The van der Waals surface area contributed by atoms with Gasteiger partial charge in [0.25, 0.3) is 0 Å². The van der Waals surface area contributed by atoms with E-state index in [1.807, 2.05) is 0 Å². The number of aliphatic hydroxyl groups excluding tert-OH is 1. The Morgan fingerprint density at radius 1 is 1.56 bits per heavy atom. The van der Waals surface area contributed by atoms with Crippen molar-refractivity contribution in [1.82, 2.24) is 0 Å². The summed E-state index contributed by atoms with van der Waals surface area (Å²) in [5, 5.41) is 8.50. The van der Waals surface area contributed by atoms with E-state index in [0.717, 1.165) is 6.42 Å². The average molecular weight is 341 g/mol. The Morgan fingerprint density at radius 3 is 2.44 bits per heavy atom. The summed E-state index contributed by atoms with van der Waals surface area (Å²) in [5.74, 6) is 0. The maximum absolute atomic E-state index is 8.50. The Balaban J connectivity index is 0. The molecule has 9 heavy (non-hydrogen) atoms. The van der Waals surface area contributed by atoms with Crippen molar-refractivity contribution < 1.29 is 49.2 Å². The molecule has 0 atom stereocenters. The minimum Gasteiger partial charge on any atom is -0.392 e. The minimum absolute atomic E-state index is 0. The van der Waals surface area contributed by atoms with E-state index in [0.29, 0.717) is 0 Å². The second-order valence-corrected chi connectivity index (χ2v) is 1.91. The van der Waals surface area contributed by atoms with Gasteiger partial charge in [0.05, 0.1) is 6.61 Å². The summed E-state index contributed by atoms with van der Waals surface area (Å²) in [6, 6.07) is 0. The van der Waals surface area contributed by atoms with E-state index in [4.69, 9.17) is 5.11 Å². The molecule has 1 radical (unpaired) electrons. The quantitative estimate of drug-likeness (QED) is 0.721. The molecule has 0 aromatic rings. The molecule has 0 unspecified atom stereocenters. The van der Waals surface area contributed by atoms with E-state index in [-0.39, 0.29) is 58.1 Å². The van der Waals surface area contributed by atoms with E-state index in [2.05, 4.69) is 6.08 Å². The third kappa shape index (κ3) is 4.53. The smallest absolute Gasteiger partial charge is 0.0641 e. The van der Waals surface area contributed by atoms with Crippen LogP contribution < -0.4 is 0 Å². The van der Waals surface area contributed by atoms with Gasteiger partial charge in [0, 0.05) is 44.1 Å². The molecule has 0 bridgehead atoms. The van der Waals surface area contributed by atoms with Crippen molar-refractivity contribution in [2.75, 3.05) is 6.61 Å². The van der Waals surface area contributed by atoms with E-state index >= 15 is 0 Å². The molecule has 0 aliphatic heterocycles. The molecule has 1 rings (SSSR count). The monoisotopic (exact) mass is 341 g/mol. The minimum atomic E-state index is 0. The largest absolute Gasteiger partial charge is 0.392 e. The van der Waals surface area contributed by atoms with E-state index in [1.54, 1.807) is 0 Å². The summed E-state index contributed by atoms with van der Waals surface area (Å²) >= 11 is 0. The molecule has 51 valence electrons. The van der Waals surface area contributed by atoms with Crippen molar-refractivity contribution >= 4 is 0 Å². The molecule has 0 aromatic carbocycles. The second kappa shape index (κ2) is 7.25. The van der Waals surface area contributed by atoms with Crippen LogP contribution in [0, 0.1) is 44.1 Å². The number of hydrogen-bond acceptors (Lipinski definition) is 1. The average Bonchev–Trinajstić information content (AvgIpc) is 2.14. The maximum atomic E-state index is 8.50. The molecule has 0 spiro atoms. The van der Waals surface area contributed by atoms with Gasteiger partial charge in [-0.05, 0) is 24.8 Å². The zero-order valence-electron chi connectivity index (χ0n) is 4.93. The van der Waals surface area contributed by atoms with Gasteiger partial charge in [-0.2, -0.15) is 0 Å².